The summed E-state index contributed by atoms with van der Waals surface area (Å²) in [5, 5.41) is 0. The lowest BCUT2D eigenvalue weighted by Gasteiger charge is -2.34. The molecule has 2 unspecified atom stereocenters. The number of hydrogen-bond acceptors (Lipinski definition) is 1. The molecule has 1 nitrogen and oxygen atoms in total. The van der Waals surface area contributed by atoms with Gasteiger partial charge >= 0.3 is 0 Å². The quantitative estimate of drug-likeness (QED) is 0.517. The van der Waals surface area contributed by atoms with E-state index >= 15 is 0 Å². The predicted octanol–water partition coefficient (Wildman–Crippen LogP) is 2.83. The van der Waals surface area contributed by atoms with Crippen LogP contribution in [0.15, 0.2) is 12.2 Å². The third-order valence-corrected chi connectivity index (χ3v) is 3.57. The minimum Gasteiger partial charge on any atom is -0.293 e. The number of rotatable bonds is 0. The van der Waals surface area contributed by atoms with Gasteiger partial charge in [0.05, 0.1) is 0 Å². The average Bonchev–Trinajstić information content (AvgIpc) is 2.41. The summed E-state index contributed by atoms with van der Waals surface area (Å²) in [6.45, 7) is 12.4. The Labute approximate surface area is 81.8 Å². The van der Waals surface area contributed by atoms with Gasteiger partial charge in [-0.3, -0.25) is 4.90 Å². The molecule has 74 valence electrons. The molecule has 13 heavy (non-hydrogen) atoms. The van der Waals surface area contributed by atoms with Crippen molar-refractivity contribution in [3.63, 3.8) is 0 Å². The number of fused-ring (bicyclic) bond motifs is 1. The van der Waals surface area contributed by atoms with Crippen molar-refractivity contribution in [3.05, 3.63) is 12.2 Å². The maximum Gasteiger partial charge on any atom is 0.0197 e. The third kappa shape index (κ3) is 1.54. The van der Waals surface area contributed by atoms with E-state index in [1.165, 1.54) is 24.8 Å². The Morgan fingerprint density at radius 3 is 2.62 bits per heavy atom. The van der Waals surface area contributed by atoms with Gasteiger partial charge in [0.25, 0.3) is 0 Å². The van der Waals surface area contributed by atoms with E-state index < -0.39 is 0 Å². The molecule has 2 rings (SSSR count). The van der Waals surface area contributed by atoms with Crippen LogP contribution in [-0.4, -0.2) is 23.5 Å². The van der Waals surface area contributed by atoms with Crippen LogP contribution in [0.4, 0.5) is 0 Å². The Hall–Kier alpha value is -0.300. The minimum absolute atomic E-state index is 0.444. The summed E-state index contributed by atoms with van der Waals surface area (Å²) in [5.74, 6) is 0. The standard InChI is InChI=1S/C12H21N/c1-9-7-10-5-6-11(12(2,3)4)13(10)8-9/h10-11H,1,5-8H2,2-4H3. The summed E-state index contributed by atoms with van der Waals surface area (Å²) in [7, 11) is 0. The molecule has 0 aromatic carbocycles. The van der Waals surface area contributed by atoms with Crippen molar-refractivity contribution in [2.45, 2.75) is 52.1 Å². The lowest BCUT2D eigenvalue weighted by atomic mass is 9.85. The van der Waals surface area contributed by atoms with Crippen LogP contribution in [0.1, 0.15) is 40.0 Å². The van der Waals surface area contributed by atoms with Crippen LogP contribution in [-0.2, 0) is 0 Å². The van der Waals surface area contributed by atoms with E-state index in [1.54, 1.807) is 0 Å². The first-order chi connectivity index (χ1) is 5.98. The Morgan fingerprint density at radius 2 is 2.00 bits per heavy atom. The molecule has 0 aromatic rings. The van der Waals surface area contributed by atoms with Crippen molar-refractivity contribution in [3.8, 4) is 0 Å². The lowest BCUT2D eigenvalue weighted by Crippen LogP contribution is -2.40. The molecule has 0 amide bonds. The zero-order valence-corrected chi connectivity index (χ0v) is 9.14. The first-order valence-electron chi connectivity index (χ1n) is 5.41. The molecular formula is C12H21N. The molecule has 0 radical (unpaired) electrons. The van der Waals surface area contributed by atoms with Gasteiger partial charge in [0, 0.05) is 18.6 Å². The molecule has 2 atom stereocenters. The Kier molecular flexibility index (Phi) is 2.03. The highest BCUT2D eigenvalue weighted by Gasteiger charge is 2.42. The van der Waals surface area contributed by atoms with Gasteiger partial charge in [0.2, 0.25) is 0 Å². The van der Waals surface area contributed by atoms with Crippen molar-refractivity contribution >= 4 is 0 Å². The SMILES string of the molecule is C=C1CC2CCC(C(C)(C)C)N2C1. The normalized spacial score (nSPS) is 35.5. The van der Waals surface area contributed by atoms with Gasteiger partial charge in [0.15, 0.2) is 0 Å². The molecule has 0 spiro atoms. The van der Waals surface area contributed by atoms with Gasteiger partial charge in [-0.25, -0.2) is 0 Å². The molecule has 0 bridgehead atoms. The topological polar surface area (TPSA) is 3.24 Å². The second-order valence-corrected chi connectivity index (χ2v) is 5.74. The third-order valence-electron chi connectivity index (χ3n) is 3.57. The van der Waals surface area contributed by atoms with E-state index in [0.29, 0.717) is 5.41 Å². The summed E-state index contributed by atoms with van der Waals surface area (Å²) in [5.41, 5.74) is 1.89. The smallest absolute Gasteiger partial charge is 0.0197 e. The van der Waals surface area contributed by atoms with Gasteiger partial charge in [-0.1, -0.05) is 32.9 Å². The molecular weight excluding hydrogens is 158 g/mol. The predicted molar refractivity (Wildman–Crippen MR) is 56.7 cm³/mol. The molecule has 2 heterocycles. The van der Waals surface area contributed by atoms with Crippen molar-refractivity contribution < 1.29 is 0 Å². The monoisotopic (exact) mass is 179 g/mol. The summed E-state index contributed by atoms with van der Waals surface area (Å²) >= 11 is 0. The van der Waals surface area contributed by atoms with Crippen molar-refractivity contribution in [1.82, 2.24) is 4.90 Å². The molecule has 2 aliphatic rings. The molecule has 0 saturated carbocycles. The maximum atomic E-state index is 4.11. The lowest BCUT2D eigenvalue weighted by molar-refractivity contribution is 0.139. The van der Waals surface area contributed by atoms with Gasteiger partial charge in [-0.05, 0) is 24.7 Å². The van der Waals surface area contributed by atoms with Crippen molar-refractivity contribution in [1.29, 1.82) is 0 Å². The Balaban J connectivity index is 2.13. The molecule has 2 fully saturated rings. The second kappa shape index (κ2) is 2.84. The summed E-state index contributed by atoms with van der Waals surface area (Å²) in [6, 6.07) is 1.62. The van der Waals surface area contributed by atoms with Crippen LogP contribution >= 0.6 is 0 Å². The van der Waals surface area contributed by atoms with Crippen molar-refractivity contribution in [2.75, 3.05) is 6.54 Å². The van der Waals surface area contributed by atoms with Crippen LogP contribution < -0.4 is 0 Å². The fraction of sp³-hybridized carbons (Fsp3) is 0.833. The largest absolute Gasteiger partial charge is 0.293 e. The van der Waals surface area contributed by atoms with Gasteiger partial charge in [-0.2, -0.15) is 0 Å². The second-order valence-electron chi connectivity index (χ2n) is 5.74. The Morgan fingerprint density at radius 1 is 1.31 bits per heavy atom. The summed E-state index contributed by atoms with van der Waals surface area (Å²) < 4.78 is 0. The van der Waals surface area contributed by atoms with E-state index in [4.69, 9.17) is 0 Å². The fourth-order valence-electron chi connectivity index (χ4n) is 2.98. The fourth-order valence-corrected chi connectivity index (χ4v) is 2.98. The van der Waals surface area contributed by atoms with E-state index in [-0.39, 0.29) is 0 Å². The highest BCUT2D eigenvalue weighted by molar-refractivity contribution is 5.13. The molecule has 1 heteroatoms. The minimum atomic E-state index is 0.444. The van der Waals surface area contributed by atoms with Crippen LogP contribution in [0, 0.1) is 5.41 Å². The number of hydrogen-bond donors (Lipinski definition) is 0. The van der Waals surface area contributed by atoms with Crippen LogP contribution in [0.3, 0.4) is 0 Å². The van der Waals surface area contributed by atoms with E-state index in [0.717, 1.165) is 18.6 Å². The highest BCUT2D eigenvalue weighted by Crippen LogP contribution is 2.41. The summed E-state index contributed by atoms with van der Waals surface area (Å²) in [4.78, 5) is 2.68. The average molecular weight is 179 g/mol. The van der Waals surface area contributed by atoms with Crippen LogP contribution in [0.2, 0.25) is 0 Å². The molecule has 2 saturated heterocycles. The molecule has 0 aliphatic carbocycles. The molecule has 0 aromatic heterocycles. The Bertz CT molecular complexity index is 224. The van der Waals surface area contributed by atoms with Crippen LogP contribution in [0.5, 0.6) is 0 Å². The molecule has 2 aliphatic heterocycles. The first kappa shape index (κ1) is 9.26. The summed E-state index contributed by atoms with van der Waals surface area (Å²) in [6.07, 6.45) is 4.04. The maximum absolute atomic E-state index is 4.11. The van der Waals surface area contributed by atoms with E-state index in [9.17, 15) is 0 Å². The van der Waals surface area contributed by atoms with E-state index in [2.05, 4.69) is 32.3 Å². The van der Waals surface area contributed by atoms with Gasteiger partial charge in [-0.15, -0.1) is 0 Å². The van der Waals surface area contributed by atoms with Crippen molar-refractivity contribution in [2.24, 2.45) is 5.41 Å². The first-order valence-corrected chi connectivity index (χ1v) is 5.41. The van der Waals surface area contributed by atoms with Gasteiger partial charge in [0.1, 0.15) is 0 Å². The number of nitrogens with zero attached hydrogens (tertiary/aromatic N) is 1. The molecule has 0 N–H and O–H groups in total. The van der Waals surface area contributed by atoms with Crippen LogP contribution in [0.25, 0.3) is 0 Å². The zero-order valence-electron chi connectivity index (χ0n) is 9.14. The van der Waals surface area contributed by atoms with E-state index in [1.807, 2.05) is 0 Å². The zero-order chi connectivity index (χ0) is 9.64. The highest BCUT2D eigenvalue weighted by atomic mass is 15.2. The van der Waals surface area contributed by atoms with Gasteiger partial charge < -0.3 is 0 Å².